The van der Waals surface area contributed by atoms with Crippen LogP contribution in [0.5, 0.6) is 0 Å². The second kappa shape index (κ2) is 17.9. The highest BCUT2D eigenvalue weighted by molar-refractivity contribution is 5.95. The first-order valence-corrected chi connectivity index (χ1v) is 12.3. The maximum atomic E-state index is 12.2. The van der Waals surface area contributed by atoms with Crippen LogP contribution in [-0.2, 0) is 11.2 Å². The van der Waals surface area contributed by atoms with Gasteiger partial charge in [0, 0.05) is 25.0 Å². The summed E-state index contributed by atoms with van der Waals surface area (Å²) in [6.45, 7) is 3.87. The third-order valence-electron chi connectivity index (χ3n) is 6.01. The van der Waals surface area contributed by atoms with E-state index in [-0.39, 0.29) is 11.9 Å². The van der Waals surface area contributed by atoms with E-state index in [0.29, 0.717) is 5.56 Å². The molecule has 1 amide bonds. The predicted octanol–water partition coefficient (Wildman–Crippen LogP) is 5.51. The van der Waals surface area contributed by atoms with E-state index in [0.717, 1.165) is 32.0 Å². The van der Waals surface area contributed by atoms with Gasteiger partial charge in [-0.25, -0.2) is 0 Å². The minimum atomic E-state index is -0.181. The Morgan fingerprint density at radius 2 is 1.74 bits per heavy atom. The van der Waals surface area contributed by atoms with Crippen LogP contribution in [0.25, 0.3) is 0 Å². The van der Waals surface area contributed by atoms with E-state index in [4.69, 9.17) is 10.1 Å². The first-order chi connectivity index (χ1) is 15.2. The van der Waals surface area contributed by atoms with Gasteiger partial charge in [0.15, 0.2) is 0 Å². The van der Waals surface area contributed by atoms with E-state index in [1.54, 1.807) is 0 Å². The molecule has 31 heavy (non-hydrogen) atoms. The van der Waals surface area contributed by atoms with E-state index >= 15 is 0 Å². The number of nitrogens with two attached hydrogens (primary N) is 1. The van der Waals surface area contributed by atoms with Crippen LogP contribution in [0.4, 0.5) is 0 Å². The Bertz CT molecular complexity index is 583. The summed E-state index contributed by atoms with van der Waals surface area (Å²) in [5.41, 5.74) is 6.46. The molecule has 4 N–H and O–H groups in total. The summed E-state index contributed by atoms with van der Waals surface area (Å²) in [4.78, 5) is 12.2. The van der Waals surface area contributed by atoms with Crippen LogP contribution < -0.4 is 11.1 Å². The molecule has 1 saturated carbocycles. The molecule has 5 heteroatoms. The van der Waals surface area contributed by atoms with E-state index < -0.39 is 0 Å². The van der Waals surface area contributed by atoms with Crippen molar-refractivity contribution in [2.24, 2.45) is 11.7 Å². The highest BCUT2D eigenvalue weighted by atomic mass is 16.5. The molecule has 1 unspecified atom stereocenters. The minimum absolute atomic E-state index is 0.0994. The molecule has 1 aromatic carbocycles. The quantitative estimate of drug-likeness (QED) is 0.268. The summed E-state index contributed by atoms with van der Waals surface area (Å²) in [6.07, 6.45) is 16.2. The molecule has 0 radical (unpaired) electrons. The molecule has 5 nitrogen and oxygen atoms in total. The van der Waals surface area contributed by atoms with Gasteiger partial charge in [0.1, 0.15) is 0 Å². The van der Waals surface area contributed by atoms with Gasteiger partial charge in [0.25, 0.3) is 5.91 Å². The number of hydrogen-bond donors (Lipinski definition) is 3. The average Bonchev–Trinajstić information content (AvgIpc) is 2.83. The lowest BCUT2D eigenvalue weighted by Crippen LogP contribution is -2.35. The summed E-state index contributed by atoms with van der Waals surface area (Å²) >= 11 is 0. The summed E-state index contributed by atoms with van der Waals surface area (Å²) < 4.78 is 5.87. The molecule has 1 fully saturated rings. The topological polar surface area (TPSA) is 88.2 Å². The fraction of sp³-hybridized carbons (Fsp3) is 0.692. The third kappa shape index (κ3) is 12.0. The van der Waals surface area contributed by atoms with Crippen molar-refractivity contribution in [1.29, 1.82) is 5.41 Å². The molecule has 1 aromatic rings. The van der Waals surface area contributed by atoms with Gasteiger partial charge in [-0.15, -0.1) is 0 Å². The molecule has 2 rings (SSSR count). The molecule has 1 atom stereocenters. The Kier molecular flexibility index (Phi) is 15.8. The Morgan fingerprint density at radius 3 is 2.39 bits per heavy atom. The van der Waals surface area contributed by atoms with Crippen molar-refractivity contribution >= 4 is 12.1 Å². The van der Waals surface area contributed by atoms with E-state index in [1.165, 1.54) is 83.0 Å². The van der Waals surface area contributed by atoms with Gasteiger partial charge in [-0.2, -0.15) is 0 Å². The minimum Gasteiger partial charge on any atom is -0.381 e. The molecule has 0 aromatic heterocycles. The van der Waals surface area contributed by atoms with Crippen molar-refractivity contribution in [3.8, 4) is 0 Å². The van der Waals surface area contributed by atoms with Gasteiger partial charge in [0.05, 0.1) is 6.04 Å². The van der Waals surface area contributed by atoms with E-state index in [9.17, 15) is 4.79 Å². The number of unbranched alkanes of at least 4 members (excludes halogenated alkanes) is 4. The number of benzene rings is 1. The molecular formula is C26H45N3O2. The number of ether oxygens (including phenoxy) is 1. The standard InChI is InChI=1S/C25H40N2O2.CH5N/c1-2-24(19-26)27-25(28)23-16-14-21(15-17-23)11-7-4-3-5-10-18-29-20-22-12-8-6-9-13-22;1-2/h14-17,19,22,24,26H,2-13,18,20H2,1H3,(H,27,28);2H2,1H3. The number of aryl methyl sites for hydroxylation is 1. The number of rotatable bonds is 14. The second-order valence-corrected chi connectivity index (χ2v) is 8.45. The number of carbonyl (C=O) groups excluding carboxylic acids is 1. The summed E-state index contributed by atoms with van der Waals surface area (Å²) in [5.74, 6) is 0.725. The second-order valence-electron chi connectivity index (χ2n) is 8.45. The monoisotopic (exact) mass is 431 g/mol. The van der Waals surface area contributed by atoms with Crippen LogP contribution in [0.15, 0.2) is 24.3 Å². The Labute approximate surface area is 190 Å². The zero-order valence-corrected chi connectivity index (χ0v) is 19.8. The zero-order valence-electron chi connectivity index (χ0n) is 19.8. The molecule has 1 aliphatic rings. The number of carbonyl (C=O) groups is 1. The van der Waals surface area contributed by atoms with E-state index in [2.05, 4.69) is 23.2 Å². The SMILES string of the molecule is CCC(C=N)NC(=O)c1ccc(CCCCCCCOCC2CCCCC2)cc1.CN. The lowest BCUT2D eigenvalue weighted by molar-refractivity contribution is 0.0824. The maximum absolute atomic E-state index is 12.2. The molecule has 0 bridgehead atoms. The molecule has 0 spiro atoms. The third-order valence-corrected chi connectivity index (χ3v) is 6.01. The van der Waals surface area contributed by atoms with Crippen molar-refractivity contribution in [1.82, 2.24) is 5.32 Å². The van der Waals surface area contributed by atoms with Crippen LogP contribution in [0, 0.1) is 11.3 Å². The van der Waals surface area contributed by atoms with Gasteiger partial charge >= 0.3 is 0 Å². The van der Waals surface area contributed by atoms with Crippen LogP contribution in [-0.4, -0.2) is 38.4 Å². The molecule has 0 heterocycles. The van der Waals surface area contributed by atoms with Crippen molar-refractivity contribution in [3.63, 3.8) is 0 Å². The summed E-state index contributed by atoms with van der Waals surface area (Å²) in [6, 6.07) is 7.72. The van der Waals surface area contributed by atoms with Crippen molar-refractivity contribution < 1.29 is 9.53 Å². The molecule has 1 aliphatic carbocycles. The first-order valence-electron chi connectivity index (χ1n) is 12.3. The summed E-state index contributed by atoms with van der Waals surface area (Å²) in [5, 5.41) is 10.2. The summed E-state index contributed by atoms with van der Waals surface area (Å²) in [7, 11) is 1.50. The largest absolute Gasteiger partial charge is 0.381 e. The smallest absolute Gasteiger partial charge is 0.251 e. The van der Waals surface area contributed by atoms with E-state index in [1.807, 2.05) is 19.1 Å². The highest BCUT2D eigenvalue weighted by Crippen LogP contribution is 2.23. The Morgan fingerprint density at radius 1 is 1.10 bits per heavy atom. The fourth-order valence-electron chi connectivity index (χ4n) is 4.00. The van der Waals surface area contributed by atoms with Crippen LogP contribution in [0.1, 0.15) is 93.5 Å². The lowest BCUT2D eigenvalue weighted by Gasteiger charge is -2.21. The first kappa shape index (κ1) is 27.3. The number of hydrogen-bond acceptors (Lipinski definition) is 4. The molecule has 176 valence electrons. The lowest BCUT2D eigenvalue weighted by atomic mass is 9.90. The van der Waals surface area contributed by atoms with Crippen LogP contribution >= 0.6 is 0 Å². The van der Waals surface area contributed by atoms with Gasteiger partial charge in [-0.1, -0.05) is 57.6 Å². The normalized spacial score (nSPS) is 14.9. The van der Waals surface area contributed by atoms with Crippen LogP contribution in [0.3, 0.4) is 0 Å². The molecule has 0 saturated heterocycles. The zero-order chi connectivity index (χ0) is 22.7. The highest BCUT2D eigenvalue weighted by Gasteiger charge is 2.13. The fourth-order valence-corrected chi connectivity index (χ4v) is 4.00. The van der Waals surface area contributed by atoms with Gasteiger partial charge in [0.2, 0.25) is 0 Å². The Balaban J connectivity index is 0.00000233. The predicted molar refractivity (Wildman–Crippen MR) is 131 cm³/mol. The van der Waals surface area contributed by atoms with Crippen LogP contribution in [0.2, 0.25) is 0 Å². The molecular weight excluding hydrogens is 386 g/mol. The molecule has 0 aliphatic heterocycles. The number of nitrogens with one attached hydrogen (secondary N) is 2. The maximum Gasteiger partial charge on any atom is 0.251 e. The van der Waals surface area contributed by atoms with Gasteiger partial charge < -0.3 is 21.2 Å². The van der Waals surface area contributed by atoms with Crippen molar-refractivity contribution in [2.45, 2.75) is 90.0 Å². The van der Waals surface area contributed by atoms with Crippen molar-refractivity contribution in [3.05, 3.63) is 35.4 Å². The van der Waals surface area contributed by atoms with Crippen molar-refractivity contribution in [2.75, 3.05) is 20.3 Å². The van der Waals surface area contributed by atoms with Gasteiger partial charge in [-0.05, 0) is 69.2 Å². The van der Waals surface area contributed by atoms with Gasteiger partial charge in [-0.3, -0.25) is 4.79 Å². The average molecular weight is 432 g/mol. The Hall–Kier alpha value is -1.72. The number of amides is 1.